The summed E-state index contributed by atoms with van der Waals surface area (Å²) in [4.78, 5) is 0. The first-order chi connectivity index (χ1) is 8.96. The third-order valence-corrected chi connectivity index (χ3v) is 3.68. The molecule has 0 bridgehead atoms. The van der Waals surface area contributed by atoms with E-state index in [1.165, 1.54) is 6.07 Å². The number of halogens is 1. The minimum absolute atomic E-state index is 0.0752. The average molecular weight is 281 g/mol. The fourth-order valence-corrected chi connectivity index (χ4v) is 2.77. The van der Waals surface area contributed by atoms with Crippen molar-refractivity contribution in [1.29, 1.82) is 0 Å². The summed E-state index contributed by atoms with van der Waals surface area (Å²) >= 11 is 0. The molecule has 2 aromatic rings. The number of hydrogen-bond acceptors (Lipinski definition) is 3. The molecule has 2 aromatic carbocycles. The summed E-state index contributed by atoms with van der Waals surface area (Å²) in [5, 5.41) is 9.03. The van der Waals surface area contributed by atoms with Crippen LogP contribution in [0, 0.1) is 5.82 Å². The fraction of sp³-hybridized carbons (Fsp3) is 0.0769. The van der Waals surface area contributed by atoms with Crippen LogP contribution in [0.25, 0.3) is 0 Å². The van der Waals surface area contributed by atoms with Crippen molar-refractivity contribution in [2.75, 3.05) is 4.72 Å². The quantitative estimate of drug-likeness (QED) is 0.846. The molecule has 0 saturated heterocycles. The van der Waals surface area contributed by atoms with Crippen LogP contribution in [0.4, 0.5) is 10.1 Å². The topological polar surface area (TPSA) is 66.4 Å². The Morgan fingerprint density at radius 2 is 1.79 bits per heavy atom. The Balaban J connectivity index is 2.15. The van der Waals surface area contributed by atoms with Gasteiger partial charge in [0.15, 0.2) is 11.6 Å². The number of hydrogen-bond donors (Lipinski definition) is 2. The second kappa shape index (κ2) is 5.27. The van der Waals surface area contributed by atoms with Crippen molar-refractivity contribution in [1.82, 2.24) is 0 Å². The summed E-state index contributed by atoms with van der Waals surface area (Å²) in [7, 11) is -3.62. The van der Waals surface area contributed by atoms with E-state index < -0.39 is 21.6 Å². The first kappa shape index (κ1) is 13.4. The van der Waals surface area contributed by atoms with Crippen LogP contribution in [0.15, 0.2) is 48.5 Å². The van der Waals surface area contributed by atoms with Crippen molar-refractivity contribution in [3.05, 3.63) is 59.9 Å². The maximum Gasteiger partial charge on any atom is 0.236 e. The lowest BCUT2D eigenvalue weighted by molar-refractivity contribution is 0.432. The van der Waals surface area contributed by atoms with Crippen LogP contribution in [0.1, 0.15) is 5.56 Å². The molecule has 0 atom stereocenters. The zero-order valence-electron chi connectivity index (χ0n) is 9.88. The Kier molecular flexibility index (Phi) is 3.71. The second-order valence-electron chi connectivity index (χ2n) is 4.01. The number of nitrogens with one attached hydrogen (secondary N) is 1. The molecule has 2 N–H and O–H groups in total. The molecule has 4 nitrogen and oxygen atoms in total. The second-order valence-corrected chi connectivity index (χ2v) is 5.74. The first-order valence-corrected chi connectivity index (χ1v) is 7.14. The van der Waals surface area contributed by atoms with Crippen LogP contribution < -0.4 is 4.72 Å². The number of aromatic hydroxyl groups is 1. The maximum absolute atomic E-state index is 13.1. The van der Waals surface area contributed by atoms with Crippen LogP contribution >= 0.6 is 0 Å². The van der Waals surface area contributed by atoms with Gasteiger partial charge in [0, 0.05) is 6.07 Å². The highest BCUT2D eigenvalue weighted by molar-refractivity contribution is 7.91. The minimum Gasteiger partial charge on any atom is -0.505 e. The molecule has 0 spiro atoms. The molecule has 6 heteroatoms. The monoisotopic (exact) mass is 281 g/mol. The van der Waals surface area contributed by atoms with Gasteiger partial charge in [-0.2, -0.15) is 0 Å². The first-order valence-electron chi connectivity index (χ1n) is 5.49. The fourth-order valence-electron chi connectivity index (χ4n) is 1.58. The van der Waals surface area contributed by atoms with Gasteiger partial charge in [0.1, 0.15) is 0 Å². The SMILES string of the molecule is O=S(=O)(Cc1ccccc1)Nc1ccc(O)c(F)c1. The third-order valence-electron chi connectivity index (χ3n) is 2.42. The van der Waals surface area contributed by atoms with Gasteiger partial charge in [0.25, 0.3) is 0 Å². The molecule has 0 radical (unpaired) electrons. The molecular weight excluding hydrogens is 269 g/mol. The zero-order valence-corrected chi connectivity index (χ0v) is 10.7. The van der Waals surface area contributed by atoms with E-state index in [-0.39, 0.29) is 11.4 Å². The zero-order chi connectivity index (χ0) is 13.9. The summed E-state index contributed by atoms with van der Waals surface area (Å²) in [6.07, 6.45) is 0. The molecular formula is C13H12FNO3S. The predicted molar refractivity (Wildman–Crippen MR) is 70.8 cm³/mol. The van der Waals surface area contributed by atoms with Crippen molar-refractivity contribution in [3.63, 3.8) is 0 Å². The van der Waals surface area contributed by atoms with Crippen molar-refractivity contribution in [2.24, 2.45) is 0 Å². The van der Waals surface area contributed by atoms with E-state index in [1.807, 2.05) is 0 Å². The lowest BCUT2D eigenvalue weighted by Crippen LogP contribution is -2.15. The number of phenolic OH excluding ortho intramolecular Hbond substituents is 1. The molecule has 2 rings (SSSR count). The lowest BCUT2D eigenvalue weighted by atomic mass is 10.2. The summed E-state index contributed by atoms with van der Waals surface area (Å²) in [5.74, 6) is -1.60. The van der Waals surface area contributed by atoms with E-state index in [0.29, 0.717) is 5.56 Å². The Morgan fingerprint density at radius 1 is 1.11 bits per heavy atom. The highest BCUT2D eigenvalue weighted by Gasteiger charge is 2.12. The van der Waals surface area contributed by atoms with Crippen molar-refractivity contribution in [2.45, 2.75) is 5.75 Å². The van der Waals surface area contributed by atoms with Gasteiger partial charge < -0.3 is 5.11 Å². The predicted octanol–water partition coefficient (Wildman–Crippen LogP) is 2.47. The summed E-state index contributed by atoms with van der Waals surface area (Å²) < 4.78 is 39.1. The van der Waals surface area contributed by atoms with Gasteiger partial charge in [0.2, 0.25) is 10.0 Å². The molecule has 0 heterocycles. The molecule has 19 heavy (non-hydrogen) atoms. The van der Waals surface area contributed by atoms with Crippen LogP contribution in [-0.4, -0.2) is 13.5 Å². The van der Waals surface area contributed by atoms with Crippen LogP contribution in [0.2, 0.25) is 0 Å². The van der Waals surface area contributed by atoms with Gasteiger partial charge in [-0.3, -0.25) is 4.72 Å². The van der Waals surface area contributed by atoms with E-state index in [2.05, 4.69) is 4.72 Å². The number of rotatable bonds is 4. The van der Waals surface area contributed by atoms with Crippen molar-refractivity contribution >= 4 is 15.7 Å². The Hall–Kier alpha value is -2.08. The van der Waals surface area contributed by atoms with E-state index in [9.17, 15) is 12.8 Å². The Labute approximate surface area is 110 Å². The summed E-state index contributed by atoms with van der Waals surface area (Å²) in [6.45, 7) is 0. The van der Waals surface area contributed by atoms with Gasteiger partial charge in [-0.05, 0) is 17.7 Å². The molecule has 0 unspecified atom stereocenters. The van der Waals surface area contributed by atoms with Gasteiger partial charge in [-0.15, -0.1) is 0 Å². The summed E-state index contributed by atoms with van der Waals surface area (Å²) in [6, 6.07) is 12.0. The largest absolute Gasteiger partial charge is 0.505 e. The van der Waals surface area contributed by atoms with Crippen molar-refractivity contribution in [3.8, 4) is 5.75 Å². The van der Waals surface area contributed by atoms with Crippen LogP contribution in [0.5, 0.6) is 5.75 Å². The normalized spacial score (nSPS) is 11.2. The highest BCUT2D eigenvalue weighted by Crippen LogP contribution is 2.20. The van der Waals surface area contributed by atoms with Crippen LogP contribution in [0.3, 0.4) is 0 Å². The van der Waals surface area contributed by atoms with E-state index in [1.54, 1.807) is 30.3 Å². The molecule has 0 fully saturated rings. The smallest absolute Gasteiger partial charge is 0.236 e. The van der Waals surface area contributed by atoms with Crippen molar-refractivity contribution < 1.29 is 17.9 Å². The highest BCUT2D eigenvalue weighted by atomic mass is 32.2. The van der Waals surface area contributed by atoms with Gasteiger partial charge >= 0.3 is 0 Å². The summed E-state index contributed by atoms with van der Waals surface area (Å²) in [5.41, 5.74) is 0.709. The molecule has 100 valence electrons. The van der Waals surface area contributed by atoms with Gasteiger partial charge in [0.05, 0.1) is 11.4 Å². The molecule has 0 amide bonds. The van der Waals surface area contributed by atoms with Gasteiger partial charge in [-0.1, -0.05) is 30.3 Å². The number of benzene rings is 2. The molecule has 0 aliphatic carbocycles. The minimum atomic E-state index is -3.62. The van der Waals surface area contributed by atoms with E-state index in [0.717, 1.165) is 12.1 Å². The van der Waals surface area contributed by atoms with Gasteiger partial charge in [-0.25, -0.2) is 12.8 Å². The Morgan fingerprint density at radius 3 is 2.42 bits per heavy atom. The average Bonchev–Trinajstić information content (AvgIpc) is 2.34. The van der Waals surface area contributed by atoms with Crippen LogP contribution in [-0.2, 0) is 15.8 Å². The molecule has 0 aromatic heterocycles. The maximum atomic E-state index is 13.1. The molecule has 0 aliphatic rings. The molecule has 0 aliphatic heterocycles. The van der Waals surface area contributed by atoms with E-state index >= 15 is 0 Å². The van der Waals surface area contributed by atoms with E-state index in [4.69, 9.17) is 5.11 Å². The lowest BCUT2D eigenvalue weighted by Gasteiger charge is -2.08. The molecule has 0 saturated carbocycles. The number of phenols is 1. The standard InChI is InChI=1S/C13H12FNO3S/c14-12-8-11(6-7-13(12)16)15-19(17,18)9-10-4-2-1-3-5-10/h1-8,15-16H,9H2. The number of anilines is 1. The third kappa shape index (κ3) is 3.69. The Bertz CT molecular complexity index is 672. The number of sulfonamides is 1.